The second-order valence-corrected chi connectivity index (χ2v) is 6.14. The molecule has 1 aromatic heterocycles. The monoisotopic (exact) mass is 346 g/mol. The number of hydrogen-bond donors (Lipinski definition) is 3. The van der Waals surface area contributed by atoms with E-state index in [9.17, 15) is 9.90 Å². The molecule has 7 heteroatoms. The zero-order valence-electron chi connectivity index (χ0n) is 15.2. The van der Waals surface area contributed by atoms with E-state index >= 15 is 0 Å². The second kappa shape index (κ2) is 8.11. The number of aliphatic hydroxyl groups is 1. The van der Waals surface area contributed by atoms with Gasteiger partial charge in [-0.3, -0.25) is 0 Å². The van der Waals surface area contributed by atoms with E-state index in [1.807, 2.05) is 39.8 Å². The molecule has 2 aromatic rings. The van der Waals surface area contributed by atoms with Crippen molar-refractivity contribution in [1.29, 1.82) is 0 Å². The minimum atomic E-state index is -0.880. The third-order valence-electron chi connectivity index (χ3n) is 4.41. The lowest BCUT2D eigenvalue weighted by Gasteiger charge is -2.25. The van der Waals surface area contributed by atoms with Crippen molar-refractivity contribution in [2.24, 2.45) is 0 Å². The zero-order chi connectivity index (χ0) is 18.4. The Balaban J connectivity index is 2.08. The Hall–Kier alpha value is -2.41. The van der Waals surface area contributed by atoms with Gasteiger partial charge in [0, 0.05) is 24.2 Å². The SMILES string of the molecule is CCc1noc(-c2ccc(C)c(NC(=O)NCC(O)(CC)CC)c2)n1. The van der Waals surface area contributed by atoms with Crippen molar-refractivity contribution in [1.82, 2.24) is 15.5 Å². The lowest BCUT2D eigenvalue weighted by molar-refractivity contribution is 0.0354. The van der Waals surface area contributed by atoms with Crippen LogP contribution >= 0.6 is 0 Å². The molecule has 0 atom stereocenters. The smallest absolute Gasteiger partial charge is 0.319 e. The normalized spacial score (nSPS) is 11.4. The maximum absolute atomic E-state index is 12.2. The number of carbonyl (C=O) groups is 1. The fourth-order valence-corrected chi connectivity index (χ4v) is 2.32. The lowest BCUT2D eigenvalue weighted by atomic mass is 9.98. The first-order valence-corrected chi connectivity index (χ1v) is 8.61. The number of anilines is 1. The third kappa shape index (κ3) is 4.79. The van der Waals surface area contributed by atoms with Crippen LogP contribution in [-0.4, -0.2) is 33.4 Å². The summed E-state index contributed by atoms with van der Waals surface area (Å²) in [7, 11) is 0. The number of nitrogens with one attached hydrogen (secondary N) is 2. The first kappa shape index (κ1) is 18.9. The Morgan fingerprint density at radius 3 is 2.60 bits per heavy atom. The summed E-state index contributed by atoms with van der Waals surface area (Å²) in [6, 6.07) is 5.20. The van der Waals surface area contributed by atoms with Crippen molar-refractivity contribution in [2.75, 3.05) is 11.9 Å². The van der Waals surface area contributed by atoms with E-state index in [1.165, 1.54) is 0 Å². The molecule has 0 bridgehead atoms. The van der Waals surface area contributed by atoms with E-state index in [0.717, 1.165) is 11.1 Å². The van der Waals surface area contributed by atoms with Gasteiger partial charge in [0.05, 0.1) is 5.60 Å². The standard InChI is InChI=1S/C18H26N4O3/c1-5-15-21-16(25-22-15)13-9-8-12(4)14(10-13)20-17(23)19-11-18(24,6-2)7-3/h8-10,24H,5-7,11H2,1-4H3,(H2,19,20,23). The average Bonchev–Trinajstić information content (AvgIpc) is 3.11. The van der Waals surface area contributed by atoms with Crippen LogP contribution in [0.25, 0.3) is 11.5 Å². The van der Waals surface area contributed by atoms with Gasteiger partial charge in [0.2, 0.25) is 0 Å². The van der Waals surface area contributed by atoms with Gasteiger partial charge in [0.25, 0.3) is 5.89 Å². The summed E-state index contributed by atoms with van der Waals surface area (Å²) in [5, 5.41) is 19.7. The highest BCUT2D eigenvalue weighted by Crippen LogP contribution is 2.24. The molecule has 0 aliphatic carbocycles. The summed E-state index contributed by atoms with van der Waals surface area (Å²) in [6.07, 6.45) is 1.85. The van der Waals surface area contributed by atoms with E-state index in [0.29, 0.717) is 36.7 Å². The summed E-state index contributed by atoms with van der Waals surface area (Å²) < 4.78 is 5.24. The molecular weight excluding hydrogens is 320 g/mol. The van der Waals surface area contributed by atoms with Crippen molar-refractivity contribution in [2.45, 2.75) is 52.6 Å². The van der Waals surface area contributed by atoms with Crippen LogP contribution in [0.5, 0.6) is 0 Å². The molecule has 1 heterocycles. The second-order valence-electron chi connectivity index (χ2n) is 6.14. The molecule has 0 saturated heterocycles. The molecule has 0 saturated carbocycles. The number of hydrogen-bond acceptors (Lipinski definition) is 5. The molecular formula is C18H26N4O3. The van der Waals surface area contributed by atoms with Crippen molar-refractivity contribution in [3.05, 3.63) is 29.6 Å². The highest BCUT2D eigenvalue weighted by molar-refractivity contribution is 5.90. The van der Waals surface area contributed by atoms with Gasteiger partial charge in [0.15, 0.2) is 5.82 Å². The van der Waals surface area contributed by atoms with Crippen molar-refractivity contribution >= 4 is 11.7 Å². The van der Waals surface area contributed by atoms with Crippen molar-refractivity contribution in [3.8, 4) is 11.5 Å². The van der Waals surface area contributed by atoms with Gasteiger partial charge in [0.1, 0.15) is 0 Å². The quantitative estimate of drug-likeness (QED) is 0.714. The Kier molecular flexibility index (Phi) is 6.14. The molecule has 3 N–H and O–H groups in total. The summed E-state index contributed by atoms with van der Waals surface area (Å²) in [4.78, 5) is 16.5. The van der Waals surface area contributed by atoms with E-state index in [4.69, 9.17) is 4.52 Å². The minimum Gasteiger partial charge on any atom is -0.388 e. The van der Waals surface area contributed by atoms with E-state index in [1.54, 1.807) is 6.07 Å². The van der Waals surface area contributed by atoms with Gasteiger partial charge in [-0.2, -0.15) is 4.98 Å². The zero-order valence-corrected chi connectivity index (χ0v) is 15.2. The number of aromatic nitrogens is 2. The molecule has 0 aliphatic rings. The van der Waals surface area contributed by atoms with Crippen LogP contribution in [0.2, 0.25) is 0 Å². The molecule has 7 nitrogen and oxygen atoms in total. The highest BCUT2D eigenvalue weighted by atomic mass is 16.5. The average molecular weight is 346 g/mol. The number of amides is 2. The van der Waals surface area contributed by atoms with Gasteiger partial charge in [-0.05, 0) is 37.5 Å². The fourth-order valence-electron chi connectivity index (χ4n) is 2.32. The van der Waals surface area contributed by atoms with Gasteiger partial charge < -0.3 is 20.3 Å². The van der Waals surface area contributed by atoms with E-state index < -0.39 is 5.60 Å². The van der Waals surface area contributed by atoms with E-state index in [2.05, 4.69) is 20.8 Å². The topological polar surface area (TPSA) is 100 Å². The Morgan fingerprint density at radius 2 is 2.00 bits per heavy atom. The van der Waals surface area contributed by atoms with Crippen LogP contribution in [0.15, 0.2) is 22.7 Å². The predicted octanol–water partition coefficient (Wildman–Crippen LogP) is 3.28. The molecule has 0 unspecified atom stereocenters. The Morgan fingerprint density at radius 1 is 1.28 bits per heavy atom. The summed E-state index contributed by atoms with van der Waals surface area (Å²) >= 11 is 0. The van der Waals surface area contributed by atoms with Crippen LogP contribution in [0.3, 0.4) is 0 Å². The van der Waals surface area contributed by atoms with Crippen LogP contribution < -0.4 is 10.6 Å². The Bertz CT molecular complexity index is 723. The van der Waals surface area contributed by atoms with Crippen molar-refractivity contribution in [3.63, 3.8) is 0 Å². The van der Waals surface area contributed by atoms with Crippen molar-refractivity contribution < 1.29 is 14.4 Å². The molecule has 2 rings (SSSR count). The number of urea groups is 1. The summed E-state index contributed by atoms with van der Waals surface area (Å²) in [5.41, 5.74) is 1.43. The number of nitrogens with zero attached hydrogens (tertiary/aromatic N) is 2. The van der Waals surface area contributed by atoms with Gasteiger partial charge in [-0.15, -0.1) is 0 Å². The Labute approximate surface area is 147 Å². The maximum Gasteiger partial charge on any atom is 0.319 e. The molecule has 0 aliphatic heterocycles. The lowest BCUT2D eigenvalue weighted by Crippen LogP contribution is -2.43. The number of carbonyl (C=O) groups excluding carboxylic acids is 1. The molecule has 2 amide bonds. The predicted molar refractivity (Wildman–Crippen MR) is 96.4 cm³/mol. The minimum absolute atomic E-state index is 0.202. The number of benzene rings is 1. The largest absolute Gasteiger partial charge is 0.388 e. The highest BCUT2D eigenvalue weighted by Gasteiger charge is 2.22. The molecule has 0 radical (unpaired) electrons. The maximum atomic E-state index is 12.2. The molecule has 25 heavy (non-hydrogen) atoms. The third-order valence-corrected chi connectivity index (χ3v) is 4.41. The van der Waals surface area contributed by atoms with Gasteiger partial charge in [-0.1, -0.05) is 32.0 Å². The molecule has 0 fully saturated rings. The van der Waals surface area contributed by atoms with Crippen LogP contribution in [0.4, 0.5) is 10.5 Å². The van der Waals surface area contributed by atoms with Crippen LogP contribution in [0.1, 0.15) is 45.0 Å². The summed E-state index contributed by atoms with van der Waals surface area (Å²) in [6.45, 7) is 7.85. The molecule has 1 aromatic carbocycles. The fraction of sp³-hybridized carbons (Fsp3) is 0.500. The molecule has 0 spiro atoms. The first-order chi connectivity index (χ1) is 11.9. The first-order valence-electron chi connectivity index (χ1n) is 8.61. The van der Waals surface area contributed by atoms with Crippen LogP contribution in [0, 0.1) is 6.92 Å². The number of rotatable bonds is 7. The van der Waals surface area contributed by atoms with Crippen LogP contribution in [-0.2, 0) is 6.42 Å². The number of aryl methyl sites for hydroxylation is 2. The van der Waals surface area contributed by atoms with Gasteiger partial charge >= 0.3 is 6.03 Å². The molecule has 136 valence electrons. The van der Waals surface area contributed by atoms with E-state index in [-0.39, 0.29) is 12.6 Å². The van der Waals surface area contributed by atoms with Gasteiger partial charge in [-0.25, -0.2) is 4.79 Å². The summed E-state index contributed by atoms with van der Waals surface area (Å²) in [5.74, 6) is 1.06.